The summed E-state index contributed by atoms with van der Waals surface area (Å²) >= 11 is 0. The minimum atomic E-state index is -1.03. The Hall–Kier alpha value is -2.17. The maximum Gasteiger partial charge on any atom is 0.323 e. The molecule has 4 nitrogen and oxygen atoms in total. The fourth-order valence-corrected chi connectivity index (χ4v) is 2.58. The van der Waals surface area contributed by atoms with Crippen LogP contribution in [-0.4, -0.2) is 28.3 Å². The Bertz CT molecular complexity index is 601. The molecule has 3 atom stereocenters. The van der Waals surface area contributed by atoms with Crippen LogP contribution in [0.5, 0.6) is 0 Å². The average molecular weight is 313 g/mol. The third-order valence-electron chi connectivity index (χ3n) is 3.95. The zero-order valence-corrected chi connectivity index (χ0v) is 13.2. The predicted octanol–water partition coefficient (Wildman–Crippen LogP) is 2.78. The predicted molar refractivity (Wildman–Crippen MR) is 90.2 cm³/mol. The van der Waals surface area contributed by atoms with E-state index in [9.17, 15) is 15.0 Å². The second-order valence-corrected chi connectivity index (χ2v) is 5.71. The van der Waals surface area contributed by atoms with Crippen molar-refractivity contribution in [2.75, 3.05) is 0 Å². The van der Waals surface area contributed by atoms with E-state index in [1.54, 1.807) is 0 Å². The summed E-state index contributed by atoms with van der Waals surface area (Å²) in [5.74, 6) is -1.03. The molecule has 0 aromatic heterocycles. The van der Waals surface area contributed by atoms with Crippen LogP contribution in [0.3, 0.4) is 0 Å². The van der Waals surface area contributed by atoms with E-state index in [-0.39, 0.29) is 6.04 Å². The quantitative estimate of drug-likeness (QED) is 0.701. The Kier molecular flexibility index (Phi) is 6.32. The molecule has 0 unspecified atom stereocenters. The van der Waals surface area contributed by atoms with Crippen LogP contribution >= 0.6 is 0 Å². The molecule has 0 aliphatic carbocycles. The number of hydrogen-bond donors (Lipinski definition) is 3. The molecule has 122 valence electrons. The first-order valence-corrected chi connectivity index (χ1v) is 7.83. The topological polar surface area (TPSA) is 69.6 Å². The van der Waals surface area contributed by atoms with Crippen LogP contribution in [0.1, 0.15) is 30.5 Å². The van der Waals surface area contributed by atoms with Crippen molar-refractivity contribution >= 4 is 5.97 Å². The smallest absolute Gasteiger partial charge is 0.323 e. The first-order valence-electron chi connectivity index (χ1n) is 7.83. The molecule has 0 amide bonds. The minimum absolute atomic E-state index is 0.149. The largest absolute Gasteiger partial charge is 0.480 e. The van der Waals surface area contributed by atoms with E-state index in [0.717, 1.165) is 11.1 Å². The van der Waals surface area contributed by atoms with Gasteiger partial charge in [-0.25, -0.2) is 0 Å². The molecule has 0 aliphatic rings. The van der Waals surface area contributed by atoms with Gasteiger partial charge in [-0.05, 0) is 30.9 Å². The molecule has 0 heterocycles. The number of rotatable bonds is 8. The highest BCUT2D eigenvalue weighted by molar-refractivity contribution is 5.74. The normalized spacial score (nSPS) is 14.9. The maximum absolute atomic E-state index is 11.5. The summed E-state index contributed by atoms with van der Waals surface area (Å²) in [6.07, 6.45) is 0.0988. The number of aliphatic hydroxyl groups is 1. The van der Waals surface area contributed by atoms with Gasteiger partial charge in [0.15, 0.2) is 0 Å². The highest BCUT2D eigenvalue weighted by atomic mass is 16.4. The van der Waals surface area contributed by atoms with Gasteiger partial charge in [0.1, 0.15) is 6.04 Å². The molecule has 0 saturated heterocycles. The molecule has 2 rings (SSSR count). The van der Waals surface area contributed by atoms with Crippen molar-refractivity contribution in [1.29, 1.82) is 0 Å². The monoisotopic (exact) mass is 313 g/mol. The zero-order chi connectivity index (χ0) is 16.7. The maximum atomic E-state index is 11.5. The average Bonchev–Trinajstić information content (AvgIpc) is 2.58. The van der Waals surface area contributed by atoms with Gasteiger partial charge in [-0.3, -0.25) is 10.1 Å². The third-order valence-corrected chi connectivity index (χ3v) is 3.95. The van der Waals surface area contributed by atoms with Crippen LogP contribution < -0.4 is 5.32 Å². The summed E-state index contributed by atoms with van der Waals surface area (Å²) in [6, 6.07) is 18.2. The number of aliphatic hydroxyl groups excluding tert-OH is 1. The number of aryl methyl sites for hydroxylation is 1. The Labute approximate surface area is 136 Å². The highest BCUT2D eigenvalue weighted by Gasteiger charge is 2.27. The summed E-state index contributed by atoms with van der Waals surface area (Å²) in [5, 5.41) is 22.7. The molecule has 0 spiro atoms. The number of benzene rings is 2. The molecular weight excluding hydrogens is 290 g/mol. The molecule has 0 radical (unpaired) electrons. The molecule has 0 bridgehead atoms. The van der Waals surface area contributed by atoms with Crippen LogP contribution in [0, 0.1) is 0 Å². The van der Waals surface area contributed by atoms with Gasteiger partial charge < -0.3 is 10.2 Å². The SMILES string of the molecule is C[C@H](N[C@@H](C(=O)O)[C@@H](O)CCc1ccccc1)c1ccccc1. The Morgan fingerprint density at radius 2 is 1.61 bits per heavy atom. The van der Waals surface area contributed by atoms with Crippen LogP contribution in [0.25, 0.3) is 0 Å². The van der Waals surface area contributed by atoms with Crippen molar-refractivity contribution in [2.45, 2.75) is 38.0 Å². The Balaban J connectivity index is 1.96. The second kappa shape index (κ2) is 8.46. The summed E-state index contributed by atoms with van der Waals surface area (Å²) in [7, 11) is 0. The van der Waals surface area contributed by atoms with E-state index in [2.05, 4.69) is 5.32 Å². The van der Waals surface area contributed by atoms with Gasteiger partial charge in [0.05, 0.1) is 6.10 Å². The van der Waals surface area contributed by atoms with Crippen LogP contribution in [0.4, 0.5) is 0 Å². The summed E-state index contributed by atoms with van der Waals surface area (Å²) in [5.41, 5.74) is 2.08. The lowest BCUT2D eigenvalue weighted by atomic mass is 10.00. The van der Waals surface area contributed by atoms with Gasteiger partial charge in [0.2, 0.25) is 0 Å². The van der Waals surface area contributed by atoms with Crippen molar-refractivity contribution in [3.05, 3.63) is 71.8 Å². The molecule has 0 saturated carbocycles. The molecular formula is C19H23NO3. The van der Waals surface area contributed by atoms with Gasteiger partial charge in [-0.2, -0.15) is 0 Å². The van der Waals surface area contributed by atoms with Gasteiger partial charge in [0.25, 0.3) is 0 Å². The van der Waals surface area contributed by atoms with Gasteiger partial charge >= 0.3 is 5.97 Å². The van der Waals surface area contributed by atoms with Gasteiger partial charge in [-0.15, -0.1) is 0 Å². The zero-order valence-electron chi connectivity index (χ0n) is 13.2. The van der Waals surface area contributed by atoms with E-state index >= 15 is 0 Å². The molecule has 23 heavy (non-hydrogen) atoms. The van der Waals surface area contributed by atoms with E-state index in [0.29, 0.717) is 12.8 Å². The van der Waals surface area contributed by atoms with Gasteiger partial charge in [0, 0.05) is 6.04 Å². The van der Waals surface area contributed by atoms with Crippen LogP contribution in [0.15, 0.2) is 60.7 Å². The van der Waals surface area contributed by atoms with E-state index < -0.39 is 18.1 Å². The lowest BCUT2D eigenvalue weighted by molar-refractivity contribution is -0.143. The first-order chi connectivity index (χ1) is 11.1. The highest BCUT2D eigenvalue weighted by Crippen LogP contribution is 2.15. The van der Waals surface area contributed by atoms with Gasteiger partial charge in [-0.1, -0.05) is 60.7 Å². The van der Waals surface area contributed by atoms with E-state index in [1.807, 2.05) is 67.6 Å². The van der Waals surface area contributed by atoms with Crippen molar-refractivity contribution in [3.63, 3.8) is 0 Å². The van der Waals surface area contributed by atoms with Crippen molar-refractivity contribution in [2.24, 2.45) is 0 Å². The number of carbonyl (C=O) groups is 1. The summed E-state index contributed by atoms with van der Waals surface area (Å²) in [6.45, 7) is 1.90. The van der Waals surface area contributed by atoms with Crippen molar-refractivity contribution in [1.82, 2.24) is 5.32 Å². The minimum Gasteiger partial charge on any atom is -0.480 e. The molecule has 0 aliphatic heterocycles. The fourth-order valence-electron chi connectivity index (χ4n) is 2.58. The van der Waals surface area contributed by atoms with Crippen molar-refractivity contribution in [3.8, 4) is 0 Å². The number of aliphatic carboxylic acids is 1. The van der Waals surface area contributed by atoms with E-state index in [4.69, 9.17) is 0 Å². The fraction of sp³-hybridized carbons (Fsp3) is 0.316. The third kappa shape index (κ3) is 5.20. The molecule has 0 fully saturated rings. The Morgan fingerprint density at radius 1 is 1.04 bits per heavy atom. The summed E-state index contributed by atoms with van der Waals surface area (Å²) in [4.78, 5) is 11.5. The number of hydrogen-bond acceptors (Lipinski definition) is 3. The number of nitrogens with one attached hydrogen (secondary N) is 1. The van der Waals surface area contributed by atoms with Crippen molar-refractivity contribution < 1.29 is 15.0 Å². The van der Waals surface area contributed by atoms with Crippen LogP contribution in [-0.2, 0) is 11.2 Å². The molecule has 4 heteroatoms. The molecule has 3 N–H and O–H groups in total. The lowest BCUT2D eigenvalue weighted by Gasteiger charge is -2.24. The standard InChI is InChI=1S/C19H23NO3/c1-14(16-10-6-3-7-11-16)20-18(19(22)23)17(21)13-12-15-8-4-2-5-9-15/h2-11,14,17-18,20-21H,12-13H2,1H3,(H,22,23)/t14-,17-,18+/m0/s1. The lowest BCUT2D eigenvalue weighted by Crippen LogP contribution is -2.47. The van der Waals surface area contributed by atoms with Crippen LogP contribution in [0.2, 0.25) is 0 Å². The Morgan fingerprint density at radius 3 is 2.17 bits per heavy atom. The number of carboxylic acids is 1. The molecule has 2 aromatic rings. The second-order valence-electron chi connectivity index (χ2n) is 5.71. The summed E-state index contributed by atoms with van der Waals surface area (Å²) < 4.78 is 0. The van der Waals surface area contributed by atoms with E-state index in [1.165, 1.54) is 0 Å². The number of carboxylic acid groups (broad SMARTS) is 1. The molecule has 2 aromatic carbocycles. The first kappa shape index (κ1) is 17.2.